The maximum absolute atomic E-state index is 11.4. The van der Waals surface area contributed by atoms with E-state index in [0.717, 1.165) is 18.8 Å². The van der Waals surface area contributed by atoms with Gasteiger partial charge in [0.2, 0.25) is 0 Å². The first-order valence-electron chi connectivity index (χ1n) is 6.36. The van der Waals surface area contributed by atoms with Crippen molar-refractivity contribution in [1.82, 2.24) is 15.1 Å². The van der Waals surface area contributed by atoms with Crippen molar-refractivity contribution in [3.8, 4) is 0 Å². The number of rotatable bonds is 5. The zero-order valence-electron chi connectivity index (χ0n) is 10.6. The Hall–Kier alpha value is -0.880. The summed E-state index contributed by atoms with van der Waals surface area (Å²) in [5.74, 6) is 0.550. The van der Waals surface area contributed by atoms with E-state index in [2.05, 4.69) is 43.3 Å². The van der Waals surface area contributed by atoms with Crippen molar-refractivity contribution in [2.24, 2.45) is 5.92 Å². The van der Waals surface area contributed by atoms with Gasteiger partial charge in [-0.25, -0.2) is 5.10 Å². The fraction of sp³-hybridized carbons (Fsp3) is 0.667. The van der Waals surface area contributed by atoms with Crippen LogP contribution in [0.4, 0.5) is 5.69 Å². The molecule has 0 radical (unpaired) electrons. The minimum Gasteiger partial charge on any atom is -0.382 e. The van der Waals surface area contributed by atoms with Crippen molar-refractivity contribution in [2.45, 2.75) is 19.8 Å². The van der Waals surface area contributed by atoms with Crippen LogP contribution in [-0.4, -0.2) is 41.3 Å². The molecule has 18 heavy (non-hydrogen) atoms. The number of aromatic nitrogens is 2. The molecule has 5 nitrogen and oxygen atoms in total. The van der Waals surface area contributed by atoms with Crippen molar-refractivity contribution < 1.29 is 0 Å². The second kappa shape index (κ2) is 6.33. The highest BCUT2D eigenvalue weighted by atomic mass is 79.9. The van der Waals surface area contributed by atoms with Crippen LogP contribution in [0.5, 0.6) is 0 Å². The van der Waals surface area contributed by atoms with Gasteiger partial charge >= 0.3 is 0 Å². The average molecular weight is 315 g/mol. The summed E-state index contributed by atoms with van der Waals surface area (Å²) in [6.07, 6.45) is 4.28. The smallest absolute Gasteiger partial charge is 0.280 e. The molecule has 1 aromatic heterocycles. The highest BCUT2D eigenvalue weighted by Crippen LogP contribution is 2.16. The Morgan fingerprint density at radius 2 is 2.28 bits per heavy atom. The lowest BCUT2D eigenvalue weighted by Crippen LogP contribution is -2.29. The van der Waals surface area contributed by atoms with Crippen LogP contribution in [0.1, 0.15) is 19.8 Å². The van der Waals surface area contributed by atoms with Gasteiger partial charge in [0.25, 0.3) is 5.56 Å². The number of halogens is 1. The van der Waals surface area contributed by atoms with Crippen molar-refractivity contribution in [2.75, 3.05) is 31.5 Å². The van der Waals surface area contributed by atoms with Gasteiger partial charge in [0, 0.05) is 13.1 Å². The largest absolute Gasteiger partial charge is 0.382 e. The summed E-state index contributed by atoms with van der Waals surface area (Å²) in [7, 11) is 0. The molecule has 0 aliphatic carbocycles. The first-order valence-corrected chi connectivity index (χ1v) is 7.15. The Morgan fingerprint density at radius 1 is 1.56 bits per heavy atom. The molecule has 1 saturated heterocycles. The summed E-state index contributed by atoms with van der Waals surface area (Å²) in [5.41, 5.74) is 0.555. The predicted octanol–water partition coefficient (Wildman–Crippen LogP) is 1.68. The van der Waals surface area contributed by atoms with Crippen molar-refractivity contribution in [3.05, 3.63) is 21.0 Å². The number of hydrogen-bond donors (Lipinski definition) is 2. The molecular formula is C12H19BrN4O. The Kier molecular flexibility index (Phi) is 4.77. The zero-order valence-corrected chi connectivity index (χ0v) is 12.2. The molecule has 1 atom stereocenters. The molecule has 0 saturated carbocycles. The third kappa shape index (κ3) is 3.55. The fourth-order valence-corrected chi connectivity index (χ4v) is 2.59. The molecule has 1 aromatic rings. The number of nitrogens with zero attached hydrogens (tertiary/aromatic N) is 2. The standard InChI is InChI=1S/C12H19BrN4O/c1-9(8-17-4-2-3-5-17)6-14-10-7-15-16-12(18)11(10)13/h7,9H,2-6,8H2,1H3,(H2,14,16,18). The van der Waals surface area contributed by atoms with Crippen LogP contribution in [0, 0.1) is 5.92 Å². The van der Waals surface area contributed by atoms with E-state index >= 15 is 0 Å². The van der Waals surface area contributed by atoms with E-state index in [1.165, 1.54) is 25.9 Å². The molecule has 6 heteroatoms. The van der Waals surface area contributed by atoms with Crippen LogP contribution < -0.4 is 10.9 Å². The summed E-state index contributed by atoms with van der Waals surface area (Å²) in [6, 6.07) is 0. The highest BCUT2D eigenvalue weighted by molar-refractivity contribution is 9.10. The number of likely N-dealkylation sites (tertiary alicyclic amines) is 1. The first-order chi connectivity index (χ1) is 8.66. The number of H-pyrrole nitrogens is 1. The van der Waals surface area contributed by atoms with Crippen LogP contribution in [0.3, 0.4) is 0 Å². The fourth-order valence-electron chi connectivity index (χ4n) is 2.26. The Labute approximate surface area is 115 Å². The van der Waals surface area contributed by atoms with Crippen LogP contribution >= 0.6 is 15.9 Å². The molecular weight excluding hydrogens is 296 g/mol. The summed E-state index contributed by atoms with van der Waals surface area (Å²) >= 11 is 3.26. The molecule has 1 fully saturated rings. The molecule has 100 valence electrons. The van der Waals surface area contributed by atoms with Gasteiger partial charge in [0.1, 0.15) is 4.47 Å². The molecule has 2 rings (SSSR count). The normalized spacial score (nSPS) is 17.9. The molecule has 1 aliphatic rings. The van der Waals surface area contributed by atoms with Crippen LogP contribution in [0.15, 0.2) is 15.5 Å². The summed E-state index contributed by atoms with van der Waals surface area (Å²) in [6.45, 7) is 6.63. The van der Waals surface area contributed by atoms with Crippen molar-refractivity contribution in [1.29, 1.82) is 0 Å². The van der Waals surface area contributed by atoms with Gasteiger partial charge in [-0.3, -0.25) is 4.79 Å². The summed E-state index contributed by atoms with van der Waals surface area (Å²) < 4.78 is 0.519. The molecule has 2 N–H and O–H groups in total. The van der Waals surface area contributed by atoms with Crippen LogP contribution in [-0.2, 0) is 0 Å². The quantitative estimate of drug-likeness (QED) is 0.868. The predicted molar refractivity (Wildman–Crippen MR) is 75.9 cm³/mol. The highest BCUT2D eigenvalue weighted by Gasteiger charge is 2.14. The van der Waals surface area contributed by atoms with E-state index in [9.17, 15) is 4.79 Å². The molecule has 0 spiro atoms. The number of nitrogens with one attached hydrogen (secondary N) is 2. The summed E-state index contributed by atoms with van der Waals surface area (Å²) in [4.78, 5) is 13.8. The van der Waals surface area contributed by atoms with Crippen LogP contribution in [0.2, 0.25) is 0 Å². The maximum atomic E-state index is 11.4. The van der Waals surface area contributed by atoms with E-state index < -0.39 is 0 Å². The zero-order chi connectivity index (χ0) is 13.0. The monoisotopic (exact) mass is 314 g/mol. The Morgan fingerprint density at radius 3 is 3.00 bits per heavy atom. The second-order valence-corrected chi connectivity index (χ2v) is 5.71. The second-order valence-electron chi connectivity index (χ2n) is 4.92. The number of hydrogen-bond acceptors (Lipinski definition) is 4. The van der Waals surface area contributed by atoms with Crippen molar-refractivity contribution in [3.63, 3.8) is 0 Å². The minimum absolute atomic E-state index is 0.202. The lowest BCUT2D eigenvalue weighted by atomic mass is 10.1. The first kappa shape index (κ1) is 13.5. The SMILES string of the molecule is CC(CNc1cn[nH]c(=O)c1Br)CN1CCCC1. The van der Waals surface area contributed by atoms with Gasteiger partial charge in [0.15, 0.2) is 0 Å². The average Bonchev–Trinajstić information content (AvgIpc) is 2.84. The van der Waals surface area contributed by atoms with Gasteiger partial charge in [-0.05, 0) is 47.8 Å². The van der Waals surface area contributed by atoms with E-state index in [0.29, 0.717) is 10.4 Å². The van der Waals surface area contributed by atoms with Gasteiger partial charge in [-0.15, -0.1) is 0 Å². The lowest BCUT2D eigenvalue weighted by Gasteiger charge is -2.20. The Bertz CT molecular complexity index is 442. The minimum atomic E-state index is -0.202. The third-order valence-corrected chi connectivity index (χ3v) is 3.99. The van der Waals surface area contributed by atoms with Crippen molar-refractivity contribution >= 4 is 21.6 Å². The number of aromatic amines is 1. The topological polar surface area (TPSA) is 61.0 Å². The van der Waals surface area contributed by atoms with E-state index in [4.69, 9.17) is 0 Å². The van der Waals surface area contributed by atoms with E-state index in [1.54, 1.807) is 6.20 Å². The van der Waals surface area contributed by atoms with Gasteiger partial charge in [0.05, 0.1) is 11.9 Å². The van der Waals surface area contributed by atoms with Gasteiger partial charge in [-0.1, -0.05) is 6.92 Å². The molecule has 0 aromatic carbocycles. The molecule has 2 heterocycles. The van der Waals surface area contributed by atoms with Crippen LogP contribution in [0.25, 0.3) is 0 Å². The van der Waals surface area contributed by atoms with Gasteiger partial charge < -0.3 is 10.2 Å². The lowest BCUT2D eigenvalue weighted by molar-refractivity contribution is 0.294. The molecule has 1 unspecified atom stereocenters. The Balaban J connectivity index is 1.83. The third-order valence-electron chi connectivity index (χ3n) is 3.21. The molecule has 0 amide bonds. The molecule has 0 bridgehead atoms. The summed E-state index contributed by atoms with van der Waals surface area (Å²) in [5, 5.41) is 9.44. The van der Waals surface area contributed by atoms with Gasteiger partial charge in [-0.2, -0.15) is 5.10 Å². The number of anilines is 1. The van der Waals surface area contributed by atoms with E-state index in [-0.39, 0.29) is 5.56 Å². The van der Waals surface area contributed by atoms with E-state index in [1.807, 2.05) is 0 Å². The molecule has 1 aliphatic heterocycles. The maximum Gasteiger partial charge on any atom is 0.280 e.